The highest BCUT2D eigenvalue weighted by Crippen LogP contribution is 2.33. The number of benzene rings is 3. The molecule has 0 aromatic heterocycles. The van der Waals surface area contributed by atoms with E-state index in [1.54, 1.807) is 36.4 Å². The van der Waals surface area contributed by atoms with E-state index in [0.717, 1.165) is 16.3 Å². The molecular formula is C32H41N3O6S. The van der Waals surface area contributed by atoms with Crippen molar-refractivity contribution in [1.29, 1.82) is 0 Å². The standard InChI is InChI=1S/C32H41N3O6S/c1-6-24(3)33-32(37)28(7-2)34(22-21-25-13-9-8-10-14-25)31(36)23-35(29-15-11-12-16-30(29)41-5)42(38,39)27-19-17-26(40-4)18-20-27/h8-20,24,28H,6-7,21-23H2,1-5H3,(H,33,37)/t24-,28-/m1/s1. The van der Waals surface area contributed by atoms with Crippen molar-refractivity contribution < 1.29 is 27.5 Å². The number of para-hydroxylation sites is 2. The van der Waals surface area contributed by atoms with Crippen LogP contribution in [0, 0.1) is 0 Å². The van der Waals surface area contributed by atoms with Crippen molar-refractivity contribution in [3.63, 3.8) is 0 Å². The smallest absolute Gasteiger partial charge is 0.264 e. The molecule has 0 spiro atoms. The Bertz CT molecular complexity index is 1410. The minimum absolute atomic E-state index is 0.0144. The molecule has 0 bridgehead atoms. The highest BCUT2D eigenvalue weighted by molar-refractivity contribution is 7.92. The zero-order valence-corrected chi connectivity index (χ0v) is 25.8. The summed E-state index contributed by atoms with van der Waals surface area (Å²) in [6.45, 7) is 5.43. The maximum Gasteiger partial charge on any atom is 0.264 e. The van der Waals surface area contributed by atoms with Crippen LogP contribution in [0.5, 0.6) is 11.5 Å². The number of ether oxygens (including phenoxy) is 2. The number of nitrogens with one attached hydrogen (secondary N) is 1. The molecule has 0 aliphatic heterocycles. The Kier molecular flexibility index (Phi) is 11.8. The molecule has 2 amide bonds. The van der Waals surface area contributed by atoms with Gasteiger partial charge >= 0.3 is 0 Å². The molecule has 0 aliphatic carbocycles. The van der Waals surface area contributed by atoms with Crippen LogP contribution in [0.1, 0.15) is 39.2 Å². The third kappa shape index (κ3) is 8.03. The van der Waals surface area contributed by atoms with Crippen LogP contribution in [0.3, 0.4) is 0 Å². The Labute approximate surface area is 249 Å². The quantitative estimate of drug-likeness (QED) is 0.274. The van der Waals surface area contributed by atoms with Gasteiger partial charge in [-0.3, -0.25) is 13.9 Å². The molecule has 0 aliphatic rings. The number of hydrogen-bond acceptors (Lipinski definition) is 6. The molecule has 0 saturated carbocycles. The fourth-order valence-electron chi connectivity index (χ4n) is 4.56. The number of carbonyl (C=O) groups is 2. The van der Waals surface area contributed by atoms with Crippen LogP contribution in [0.2, 0.25) is 0 Å². The number of nitrogens with zero attached hydrogens (tertiary/aromatic N) is 2. The zero-order valence-electron chi connectivity index (χ0n) is 24.9. The first-order valence-corrected chi connectivity index (χ1v) is 15.5. The first kappa shape index (κ1) is 32.5. The van der Waals surface area contributed by atoms with Gasteiger partial charge in [-0.05, 0) is 68.1 Å². The monoisotopic (exact) mass is 595 g/mol. The van der Waals surface area contributed by atoms with Gasteiger partial charge in [0.25, 0.3) is 10.0 Å². The van der Waals surface area contributed by atoms with Crippen molar-refractivity contribution in [1.82, 2.24) is 10.2 Å². The van der Waals surface area contributed by atoms with Gasteiger partial charge in [0, 0.05) is 12.6 Å². The Balaban J connectivity index is 2.05. The lowest BCUT2D eigenvalue weighted by atomic mass is 10.1. The van der Waals surface area contributed by atoms with E-state index in [2.05, 4.69) is 5.32 Å². The summed E-state index contributed by atoms with van der Waals surface area (Å²) < 4.78 is 39.9. The third-order valence-corrected chi connectivity index (χ3v) is 8.93. The maximum absolute atomic E-state index is 14.2. The van der Waals surface area contributed by atoms with E-state index in [4.69, 9.17) is 9.47 Å². The van der Waals surface area contributed by atoms with Crippen molar-refractivity contribution >= 4 is 27.5 Å². The van der Waals surface area contributed by atoms with Gasteiger partial charge in [-0.25, -0.2) is 8.42 Å². The van der Waals surface area contributed by atoms with Crippen molar-refractivity contribution in [2.45, 2.75) is 57.0 Å². The van der Waals surface area contributed by atoms with Crippen LogP contribution in [0.4, 0.5) is 5.69 Å². The molecule has 0 unspecified atom stereocenters. The van der Waals surface area contributed by atoms with Gasteiger partial charge in [0.15, 0.2) is 0 Å². The first-order valence-electron chi connectivity index (χ1n) is 14.1. The van der Waals surface area contributed by atoms with Gasteiger partial charge in [-0.1, -0.05) is 56.3 Å². The summed E-state index contributed by atoms with van der Waals surface area (Å²) >= 11 is 0. The first-order chi connectivity index (χ1) is 20.2. The number of sulfonamides is 1. The van der Waals surface area contributed by atoms with E-state index in [9.17, 15) is 18.0 Å². The summed E-state index contributed by atoms with van der Waals surface area (Å²) in [5, 5.41) is 2.99. The number of rotatable bonds is 15. The molecule has 0 radical (unpaired) electrons. The highest BCUT2D eigenvalue weighted by Gasteiger charge is 2.34. The SMILES string of the molecule is CC[C@@H](C)NC(=O)[C@@H](CC)N(CCc1ccccc1)C(=O)CN(c1ccccc1OC)S(=O)(=O)c1ccc(OC)cc1. The molecular weight excluding hydrogens is 554 g/mol. The van der Waals surface area contributed by atoms with Crippen LogP contribution >= 0.6 is 0 Å². The molecule has 3 aromatic rings. The third-order valence-electron chi connectivity index (χ3n) is 7.15. The van der Waals surface area contributed by atoms with Crippen LogP contribution in [0.25, 0.3) is 0 Å². The fourth-order valence-corrected chi connectivity index (χ4v) is 5.99. The van der Waals surface area contributed by atoms with E-state index >= 15 is 0 Å². The number of methoxy groups -OCH3 is 2. The zero-order chi connectivity index (χ0) is 30.7. The van der Waals surface area contributed by atoms with Crippen LogP contribution < -0.4 is 19.1 Å². The van der Waals surface area contributed by atoms with Gasteiger partial charge in [0.1, 0.15) is 24.1 Å². The lowest BCUT2D eigenvalue weighted by Crippen LogP contribution is -2.54. The normalized spacial score (nSPS) is 12.6. The van der Waals surface area contributed by atoms with Gasteiger partial charge in [-0.15, -0.1) is 0 Å². The largest absolute Gasteiger partial charge is 0.497 e. The van der Waals surface area contributed by atoms with Gasteiger partial charge in [-0.2, -0.15) is 0 Å². The summed E-state index contributed by atoms with van der Waals surface area (Å²) in [6, 6.07) is 21.4. The van der Waals surface area contributed by atoms with Crippen molar-refractivity contribution in [3.8, 4) is 11.5 Å². The molecule has 3 aromatic carbocycles. The lowest BCUT2D eigenvalue weighted by molar-refractivity contribution is -0.139. The second-order valence-electron chi connectivity index (χ2n) is 9.92. The van der Waals surface area contributed by atoms with E-state index < -0.39 is 28.5 Å². The number of amides is 2. The van der Waals surface area contributed by atoms with Crippen molar-refractivity contribution in [3.05, 3.63) is 84.4 Å². The second kappa shape index (κ2) is 15.3. The number of carbonyl (C=O) groups excluding carboxylic acids is 2. The molecule has 1 N–H and O–H groups in total. The van der Waals surface area contributed by atoms with Crippen molar-refractivity contribution in [2.75, 3.05) is 31.6 Å². The lowest BCUT2D eigenvalue weighted by Gasteiger charge is -2.34. The maximum atomic E-state index is 14.2. The summed E-state index contributed by atoms with van der Waals surface area (Å²) in [6.07, 6.45) is 1.60. The van der Waals surface area contributed by atoms with Crippen LogP contribution in [-0.2, 0) is 26.0 Å². The Morgan fingerprint density at radius 1 is 0.857 bits per heavy atom. The van der Waals surface area contributed by atoms with Crippen LogP contribution in [-0.4, -0.2) is 64.5 Å². The fraction of sp³-hybridized carbons (Fsp3) is 0.375. The van der Waals surface area contributed by atoms with Gasteiger partial charge in [0.05, 0.1) is 24.8 Å². The Morgan fingerprint density at radius 3 is 2.10 bits per heavy atom. The summed E-state index contributed by atoms with van der Waals surface area (Å²) in [7, 11) is -1.30. The predicted octanol–water partition coefficient (Wildman–Crippen LogP) is 4.66. The molecule has 226 valence electrons. The molecule has 3 rings (SSSR count). The summed E-state index contributed by atoms with van der Waals surface area (Å²) in [4.78, 5) is 29.0. The van der Waals surface area contributed by atoms with E-state index in [0.29, 0.717) is 24.3 Å². The highest BCUT2D eigenvalue weighted by atomic mass is 32.2. The minimum atomic E-state index is -4.23. The van der Waals surface area contributed by atoms with Crippen molar-refractivity contribution in [2.24, 2.45) is 0 Å². The van der Waals surface area contributed by atoms with Gasteiger partial charge < -0.3 is 19.7 Å². The van der Waals surface area contributed by atoms with E-state index in [1.807, 2.05) is 51.1 Å². The summed E-state index contributed by atoms with van der Waals surface area (Å²) in [5.74, 6) is 0.0223. The van der Waals surface area contributed by atoms with Gasteiger partial charge in [0.2, 0.25) is 11.8 Å². The molecule has 42 heavy (non-hydrogen) atoms. The Morgan fingerprint density at radius 2 is 1.50 bits per heavy atom. The topological polar surface area (TPSA) is 105 Å². The average Bonchev–Trinajstić information content (AvgIpc) is 3.01. The van der Waals surface area contributed by atoms with E-state index in [1.165, 1.54) is 31.3 Å². The Hall–Kier alpha value is -4.05. The van der Waals surface area contributed by atoms with Crippen LogP contribution in [0.15, 0.2) is 83.8 Å². The minimum Gasteiger partial charge on any atom is -0.497 e. The predicted molar refractivity (Wildman–Crippen MR) is 164 cm³/mol. The molecule has 2 atom stereocenters. The molecule has 10 heteroatoms. The number of anilines is 1. The summed E-state index contributed by atoms with van der Waals surface area (Å²) in [5.41, 5.74) is 1.21. The molecule has 0 heterocycles. The number of hydrogen-bond donors (Lipinski definition) is 1. The van der Waals surface area contributed by atoms with E-state index in [-0.39, 0.29) is 29.1 Å². The molecule has 0 fully saturated rings. The molecule has 9 nitrogen and oxygen atoms in total. The molecule has 0 saturated heterocycles. The average molecular weight is 596 g/mol. The second-order valence-corrected chi connectivity index (χ2v) is 11.8.